The number of halogens is 1. The van der Waals surface area contributed by atoms with E-state index in [-0.39, 0.29) is 11.4 Å². The monoisotopic (exact) mass is 268 g/mol. The van der Waals surface area contributed by atoms with Gasteiger partial charge in [0.1, 0.15) is 6.61 Å². The summed E-state index contributed by atoms with van der Waals surface area (Å²) in [4.78, 5) is 11.3. The number of hydrogen-bond acceptors (Lipinski definition) is 2. The van der Waals surface area contributed by atoms with Gasteiger partial charge in [0.05, 0.1) is 5.41 Å². The van der Waals surface area contributed by atoms with Gasteiger partial charge in [0.25, 0.3) is 0 Å². The fourth-order valence-electron chi connectivity index (χ4n) is 1.14. The second-order valence-electron chi connectivity index (χ2n) is 2.96. The van der Waals surface area contributed by atoms with Crippen molar-refractivity contribution in [2.75, 3.05) is 11.0 Å². The molecule has 1 aliphatic carbocycles. The van der Waals surface area contributed by atoms with Crippen LogP contribution in [-0.2, 0) is 9.53 Å². The lowest BCUT2D eigenvalue weighted by atomic mass is 10.1. The highest BCUT2D eigenvalue weighted by Crippen LogP contribution is 2.49. The highest BCUT2D eigenvalue weighted by molar-refractivity contribution is 14.1. The van der Waals surface area contributed by atoms with Crippen LogP contribution in [0.5, 0.6) is 0 Å². The van der Waals surface area contributed by atoms with E-state index in [4.69, 9.17) is 4.74 Å². The van der Waals surface area contributed by atoms with Crippen molar-refractivity contribution in [2.24, 2.45) is 5.41 Å². The van der Waals surface area contributed by atoms with Gasteiger partial charge in [0.15, 0.2) is 0 Å². The van der Waals surface area contributed by atoms with Crippen molar-refractivity contribution in [1.29, 1.82) is 0 Å². The van der Waals surface area contributed by atoms with E-state index in [9.17, 15) is 4.79 Å². The molecule has 0 spiro atoms. The van der Waals surface area contributed by atoms with Gasteiger partial charge in [0.2, 0.25) is 0 Å². The molecule has 0 saturated heterocycles. The molecule has 0 N–H and O–H groups in total. The maximum absolute atomic E-state index is 11.3. The van der Waals surface area contributed by atoms with E-state index in [0.29, 0.717) is 6.61 Å². The van der Waals surface area contributed by atoms with Crippen molar-refractivity contribution in [3.63, 3.8) is 0 Å². The molecule has 0 aromatic heterocycles. The molecule has 1 fully saturated rings. The zero-order chi connectivity index (χ0) is 8.32. The molecular formula is C8H13IO2. The van der Waals surface area contributed by atoms with Crippen LogP contribution in [0, 0.1) is 5.41 Å². The first-order valence-electron chi connectivity index (χ1n) is 3.98. The lowest BCUT2D eigenvalue weighted by molar-refractivity contribution is -0.149. The van der Waals surface area contributed by atoms with E-state index in [1.54, 1.807) is 0 Å². The van der Waals surface area contributed by atoms with Crippen LogP contribution in [0.3, 0.4) is 0 Å². The van der Waals surface area contributed by atoms with Crippen LogP contribution in [-0.4, -0.2) is 17.0 Å². The molecule has 1 rings (SSSR count). The molecule has 0 unspecified atom stereocenters. The first kappa shape index (κ1) is 9.29. The van der Waals surface area contributed by atoms with Crippen molar-refractivity contribution in [2.45, 2.75) is 26.2 Å². The van der Waals surface area contributed by atoms with Gasteiger partial charge in [-0.05, 0) is 19.3 Å². The van der Waals surface area contributed by atoms with E-state index in [1.165, 1.54) is 0 Å². The topological polar surface area (TPSA) is 26.3 Å². The fraction of sp³-hybridized carbons (Fsp3) is 0.875. The molecule has 0 aliphatic heterocycles. The molecular weight excluding hydrogens is 255 g/mol. The standard InChI is InChI=1S/C8H13IO2/c1-2-8(3-4-8)7(10)11-6-5-9/h2-6H2,1H3. The van der Waals surface area contributed by atoms with Gasteiger partial charge in [-0.3, -0.25) is 4.79 Å². The molecule has 0 heterocycles. The maximum atomic E-state index is 11.3. The Labute approximate surface area is 80.8 Å². The molecule has 0 aromatic rings. The molecule has 0 amide bonds. The van der Waals surface area contributed by atoms with Crippen LogP contribution in [0.1, 0.15) is 26.2 Å². The Kier molecular flexibility index (Phi) is 3.16. The summed E-state index contributed by atoms with van der Waals surface area (Å²) in [5, 5.41) is 0. The van der Waals surface area contributed by atoms with Crippen molar-refractivity contribution in [3.05, 3.63) is 0 Å². The molecule has 11 heavy (non-hydrogen) atoms. The van der Waals surface area contributed by atoms with Crippen LogP contribution < -0.4 is 0 Å². The van der Waals surface area contributed by atoms with Gasteiger partial charge in [-0.2, -0.15) is 0 Å². The van der Waals surface area contributed by atoms with Gasteiger partial charge in [0, 0.05) is 4.43 Å². The minimum absolute atomic E-state index is 0.0247. The van der Waals surface area contributed by atoms with E-state index >= 15 is 0 Å². The van der Waals surface area contributed by atoms with Crippen molar-refractivity contribution in [1.82, 2.24) is 0 Å². The first-order valence-corrected chi connectivity index (χ1v) is 5.51. The van der Waals surface area contributed by atoms with Crippen molar-refractivity contribution < 1.29 is 9.53 Å². The SMILES string of the molecule is CCC1(C(=O)OCCI)CC1. The summed E-state index contributed by atoms with van der Waals surface area (Å²) in [6.07, 6.45) is 3.00. The Bertz CT molecular complexity index is 152. The van der Waals surface area contributed by atoms with Crippen LogP contribution in [0.4, 0.5) is 0 Å². The third-order valence-corrected chi connectivity index (χ3v) is 2.71. The average Bonchev–Trinajstić information content (AvgIpc) is 2.80. The predicted molar refractivity (Wildman–Crippen MR) is 51.8 cm³/mol. The predicted octanol–water partition coefficient (Wildman–Crippen LogP) is 2.15. The zero-order valence-electron chi connectivity index (χ0n) is 6.73. The summed E-state index contributed by atoms with van der Waals surface area (Å²) in [7, 11) is 0. The summed E-state index contributed by atoms with van der Waals surface area (Å²) in [5.74, 6) is 0.0247. The molecule has 0 aromatic carbocycles. The largest absolute Gasteiger partial charge is 0.464 e. The van der Waals surface area contributed by atoms with Crippen molar-refractivity contribution in [3.8, 4) is 0 Å². The van der Waals surface area contributed by atoms with E-state index in [2.05, 4.69) is 29.5 Å². The van der Waals surface area contributed by atoms with Gasteiger partial charge >= 0.3 is 5.97 Å². The van der Waals surface area contributed by atoms with Crippen LogP contribution in [0.15, 0.2) is 0 Å². The number of hydrogen-bond donors (Lipinski definition) is 0. The normalized spacial score (nSPS) is 19.5. The Morgan fingerprint density at radius 2 is 2.27 bits per heavy atom. The van der Waals surface area contributed by atoms with E-state index in [1.807, 2.05) is 0 Å². The lowest BCUT2D eigenvalue weighted by Gasteiger charge is -2.10. The number of carbonyl (C=O) groups is 1. The summed E-state index contributed by atoms with van der Waals surface area (Å²) < 4.78 is 5.96. The van der Waals surface area contributed by atoms with Crippen LogP contribution in [0.2, 0.25) is 0 Å². The number of carbonyl (C=O) groups excluding carboxylic acids is 1. The van der Waals surface area contributed by atoms with Gasteiger partial charge < -0.3 is 4.74 Å². The fourth-order valence-corrected chi connectivity index (χ4v) is 1.36. The maximum Gasteiger partial charge on any atom is 0.312 e. The summed E-state index contributed by atoms with van der Waals surface area (Å²) in [5.41, 5.74) is -0.0637. The van der Waals surface area contributed by atoms with Gasteiger partial charge in [-0.15, -0.1) is 0 Å². The van der Waals surface area contributed by atoms with Gasteiger partial charge in [-0.25, -0.2) is 0 Å². The molecule has 0 bridgehead atoms. The van der Waals surface area contributed by atoms with Crippen molar-refractivity contribution >= 4 is 28.6 Å². The number of esters is 1. The minimum atomic E-state index is -0.0637. The Balaban J connectivity index is 2.29. The quantitative estimate of drug-likeness (QED) is 0.443. The second kappa shape index (κ2) is 3.74. The second-order valence-corrected chi connectivity index (χ2v) is 4.04. The van der Waals surface area contributed by atoms with E-state index in [0.717, 1.165) is 23.7 Å². The lowest BCUT2D eigenvalue weighted by Crippen LogP contribution is -2.18. The highest BCUT2D eigenvalue weighted by atomic mass is 127. The molecule has 2 nitrogen and oxygen atoms in total. The summed E-state index contributed by atoms with van der Waals surface area (Å²) >= 11 is 2.20. The zero-order valence-corrected chi connectivity index (χ0v) is 8.89. The number of rotatable bonds is 4. The first-order chi connectivity index (χ1) is 5.25. The Hall–Kier alpha value is 0.200. The highest BCUT2D eigenvalue weighted by Gasteiger charge is 2.49. The number of ether oxygens (including phenoxy) is 1. The van der Waals surface area contributed by atoms with Gasteiger partial charge in [-0.1, -0.05) is 29.5 Å². The molecule has 3 heteroatoms. The third kappa shape index (κ3) is 2.07. The average molecular weight is 268 g/mol. The van der Waals surface area contributed by atoms with Crippen LogP contribution in [0.25, 0.3) is 0 Å². The molecule has 0 atom stereocenters. The number of alkyl halides is 1. The molecule has 64 valence electrons. The van der Waals surface area contributed by atoms with E-state index < -0.39 is 0 Å². The minimum Gasteiger partial charge on any atom is -0.464 e. The van der Waals surface area contributed by atoms with Crippen LogP contribution >= 0.6 is 22.6 Å². The Morgan fingerprint density at radius 3 is 2.64 bits per heavy atom. The Morgan fingerprint density at radius 1 is 1.64 bits per heavy atom. The summed E-state index contributed by atoms with van der Waals surface area (Å²) in [6, 6.07) is 0. The molecule has 0 radical (unpaired) electrons. The third-order valence-electron chi connectivity index (χ3n) is 2.27. The summed E-state index contributed by atoms with van der Waals surface area (Å²) in [6.45, 7) is 2.62. The molecule has 1 aliphatic rings. The smallest absolute Gasteiger partial charge is 0.312 e. The molecule has 1 saturated carbocycles.